The number of rotatable bonds is 4. The molecule has 2 saturated carbocycles. The molecule has 2 aliphatic carbocycles. The summed E-state index contributed by atoms with van der Waals surface area (Å²) in [5.41, 5.74) is 4.97. The maximum absolute atomic E-state index is 11.9. The number of carbonyl (C=O) groups excluding carboxylic acids is 2. The Bertz CT molecular complexity index is 629. The summed E-state index contributed by atoms with van der Waals surface area (Å²) in [6.45, 7) is 0. The van der Waals surface area contributed by atoms with Crippen molar-refractivity contribution in [2.24, 2.45) is 17.8 Å². The molecule has 0 heterocycles. The van der Waals surface area contributed by atoms with Gasteiger partial charge in [-0.25, -0.2) is 0 Å². The highest BCUT2D eigenvalue weighted by atomic mass is 16.6. The molecule has 122 valence electrons. The molecule has 1 aromatic carbocycles. The fourth-order valence-corrected chi connectivity index (χ4v) is 3.85. The normalized spacial score (nSPS) is 25.1. The highest BCUT2D eigenvalue weighted by molar-refractivity contribution is 5.95. The molecule has 7 heteroatoms. The summed E-state index contributed by atoms with van der Waals surface area (Å²) in [5, 5.41) is 10.6. The predicted molar refractivity (Wildman–Crippen MR) is 82.3 cm³/mol. The molecule has 0 saturated heterocycles. The summed E-state index contributed by atoms with van der Waals surface area (Å²) in [7, 11) is 0. The van der Waals surface area contributed by atoms with Gasteiger partial charge in [-0.2, -0.15) is 0 Å². The molecule has 2 amide bonds. The Balaban J connectivity index is 1.46. The van der Waals surface area contributed by atoms with Gasteiger partial charge < -0.3 is 0 Å². The van der Waals surface area contributed by atoms with Crippen molar-refractivity contribution in [3.63, 3.8) is 0 Å². The molecule has 3 atom stereocenters. The van der Waals surface area contributed by atoms with Crippen molar-refractivity contribution in [2.45, 2.75) is 32.1 Å². The summed E-state index contributed by atoms with van der Waals surface area (Å²) in [5.74, 6) is 1.22. The molecule has 0 aromatic heterocycles. The summed E-state index contributed by atoms with van der Waals surface area (Å²) in [4.78, 5) is 33.9. The van der Waals surface area contributed by atoms with Gasteiger partial charge in [0.15, 0.2) is 0 Å². The first-order chi connectivity index (χ1) is 11.0. The van der Waals surface area contributed by atoms with Crippen LogP contribution in [0.15, 0.2) is 24.3 Å². The van der Waals surface area contributed by atoms with E-state index in [2.05, 4.69) is 10.9 Å². The second kappa shape index (κ2) is 6.36. The largest absolute Gasteiger partial charge is 0.273 e. The minimum Gasteiger partial charge on any atom is -0.273 e. The van der Waals surface area contributed by atoms with Crippen molar-refractivity contribution in [1.82, 2.24) is 10.9 Å². The van der Waals surface area contributed by atoms with E-state index >= 15 is 0 Å². The SMILES string of the molecule is O=C(C[C@@H]1C[C@@H]2CC[C@@H]1C2)NNC(=O)c1ccc([N+](=O)[O-])cc1. The number of nitro groups is 1. The van der Waals surface area contributed by atoms with Gasteiger partial charge >= 0.3 is 0 Å². The number of nitrogens with zero attached hydrogens (tertiary/aromatic N) is 1. The average Bonchev–Trinajstić information content (AvgIpc) is 3.15. The van der Waals surface area contributed by atoms with Crippen LogP contribution in [0.2, 0.25) is 0 Å². The van der Waals surface area contributed by atoms with E-state index < -0.39 is 10.8 Å². The lowest BCUT2D eigenvalue weighted by molar-refractivity contribution is -0.384. The zero-order valence-corrected chi connectivity index (χ0v) is 12.7. The number of hydrazine groups is 1. The fourth-order valence-electron chi connectivity index (χ4n) is 3.85. The number of nitro benzene ring substituents is 1. The molecule has 0 spiro atoms. The number of hydrogen-bond acceptors (Lipinski definition) is 4. The molecule has 0 radical (unpaired) electrons. The van der Waals surface area contributed by atoms with E-state index in [1.807, 2.05) is 0 Å². The lowest BCUT2D eigenvalue weighted by Crippen LogP contribution is -2.42. The molecule has 2 N–H and O–H groups in total. The highest BCUT2D eigenvalue weighted by Crippen LogP contribution is 2.49. The van der Waals surface area contributed by atoms with Crippen LogP contribution < -0.4 is 10.9 Å². The second-order valence-corrected chi connectivity index (χ2v) is 6.45. The standard InChI is InChI=1S/C16H19N3O4/c20-15(9-13-8-10-1-2-12(13)7-10)17-18-16(21)11-3-5-14(6-4-11)19(22)23/h3-6,10,12-13H,1-2,7-9H2,(H,17,20)(H,18,21)/t10-,12-,13+/m1/s1. The van der Waals surface area contributed by atoms with Crippen LogP contribution in [0.3, 0.4) is 0 Å². The molecule has 0 unspecified atom stereocenters. The minimum atomic E-state index is -0.529. The van der Waals surface area contributed by atoms with E-state index in [1.165, 1.54) is 43.5 Å². The monoisotopic (exact) mass is 317 g/mol. The topological polar surface area (TPSA) is 101 Å². The van der Waals surface area contributed by atoms with Gasteiger partial charge in [0, 0.05) is 24.1 Å². The van der Waals surface area contributed by atoms with Crippen LogP contribution >= 0.6 is 0 Å². The molecular formula is C16H19N3O4. The molecule has 23 heavy (non-hydrogen) atoms. The molecule has 2 fully saturated rings. The van der Waals surface area contributed by atoms with E-state index in [9.17, 15) is 19.7 Å². The first kappa shape index (κ1) is 15.5. The third-order valence-corrected chi connectivity index (χ3v) is 4.99. The van der Waals surface area contributed by atoms with Crippen LogP contribution in [0.4, 0.5) is 5.69 Å². The number of non-ortho nitro benzene ring substituents is 1. The van der Waals surface area contributed by atoms with Crippen LogP contribution in [0.1, 0.15) is 42.5 Å². The van der Waals surface area contributed by atoms with Gasteiger partial charge in [-0.1, -0.05) is 6.42 Å². The van der Waals surface area contributed by atoms with E-state index in [-0.39, 0.29) is 17.2 Å². The quantitative estimate of drug-likeness (QED) is 0.656. The van der Waals surface area contributed by atoms with Gasteiger partial charge in [-0.05, 0) is 49.1 Å². The number of carbonyl (C=O) groups is 2. The van der Waals surface area contributed by atoms with Gasteiger partial charge in [0.25, 0.3) is 11.6 Å². The third-order valence-electron chi connectivity index (χ3n) is 4.99. The van der Waals surface area contributed by atoms with Crippen LogP contribution in [0, 0.1) is 27.9 Å². The lowest BCUT2D eigenvalue weighted by Gasteiger charge is -2.20. The van der Waals surface area contributed by atoms with Crippen molar-refractivity contribution < 1.29 is 14.5 Å². The lowest BCUT2D eigenvalue weighted by atomic mass is 9.86. The molecule has 0 aliphatic heterocycles. The van der Waals surface area contributed by atoms with E-state index in [1.54, 1.807) is 0 Å². The van der Waals surface area contributed by atoms with Crippen molar-refractivity contribution in [3.05, 3.63) is 39.9 Å². The molecule has 3 rings (SSSR count). The first-order valence-corrected chi connectivity index (χ1v) is 7.86. The maximum Gasteiger partial charge on any atom is 0.269 e. The predicted octanol–water partition coefficient (Wildman–Crippen LogP) is 2.18. The Morgan fingerprint density at radius 3 is 2.43 bits per heavy atom. The minimum absolute atomic E-state index is 0.0816. The average molecular weight is 317 g/mol. The van der Waals surface area contributed by atoms with Gasteiger partial charge in [0.1, 0.15) is 0 Å². The number of fused-ring (bicyclic) bond motifs is 2. The highest BCUT2D eigenvalue weighted by Gasteiger charge is 2.40. The summed E-state index contributed by atoms with van der Waals surface area (Å²) >= 11 is 0. The maximum atomic E-state index is 11.9. The van der Waals surface area contributed by atoms with Gasteiger partial charge in [0.2, 0.25) is 5.91 Å². The first-order valence-electron chi connectivity index (χ1n) is 7.86. The zero-order valence-electron chi connectivity index (χ0n) is 12.7. The van der Waals surface area contributed by atoms with E-state index in [0.717, 1.165) is 12.3 Å². The molecule has 7 nitrogen and oxygen atoms in total. The second-order valence-electron chi connectivity index (χ2n) is 6.45. The van der Waals surface area contributed by atoms with Crippen molar-refractivity contribution >= 4 is 17.5 Å². The van der Waals surface area contributed by atoms with E-state index in [0.29, 0.717) is 18.3 Å². The Labute approximate surface area is 133 Å². The molecular weight excluding hydrogens is 298 g/mol. The third kappa shape index (κ3) is 3.49. The van der Waals surface area contributed by atoms with Crippen molar-refractivity contribution in [2.75, 3.05) is 0 Å². The number of hydrogen-bond donors (Lipinski definition) is 2. The summed E-state index contributed by atoms with van der Waals surface area (Å²) < 4.78 is 0. The van der Waals surface area contributed by atoms with E-state index in [4.69, 9.17) is 0 Å². The van der Waals surface area contributed by atoms with Crippen LogP contribution in [-0.4, -0.2) is 16.7 Å². The summed E-state index contributed by atoms with van der Waals surface area (Å²) in [6.07, 6.45) is 5.32. The number of amides is 2. The van der Waals surface area contributed by atoms with Crippen LogP contribution in [0.25, 0.3) is 0 Å². The Morgan fingerprint density at radius 1 is 1.13 bits per heavy atom. The molecule has 2 bridgehead atoms. The number of nitrogens with one attached hydrogen (secondary N) is 2. The van der Waals surface area contributed by atoms with Gasteiger partial charge in [0.05, 0.1) is 4.92 Å². The van der Waals surface area contributed by atoms with Crippen LogP contribution in [-0.2, 0) is 4.79 Å². The van der Waals surface area contributed by atoms with Crippen molar-refractivity contribution in [3.8, 4) is 0 Å². The Kier molecular flexibility index (Phi) is 4.27. The van der Waals surface area contributed by atoms with Gasteiger partial charge in [-0.3, -0.25) is 30.6 Å². The smallest absolute Gasteiger partial charge is 0.269 e. The number of benzene rings is 1. The Morgan fingerprint density at radius 2 is 1.87 bits per heavy atom. The molecule has 2 aliphatic rings. The zero-order chi connectivity index (χ0) is 16.4. The summed E-state index contributed by atoms with van der Waals surface area (Å²) in [6, 6.07) is 5.23. The molecule has 1 aromatic rings. The van der Waals surface area contributed by atoms with Crippen LogP contribution in [0.5, 0.6) is 0 Å². The fraction of sp³-hybridized carbons (Fsp3) is 0.500. The van der Waals surface area contributed by atoms with Gasteiger partial charge in [-0.15, -0.1) is 0 Å². The Hall–Kier alpha value is -2.44. The van der Waals surface area contributed by atoms with Crippen molar-refractivity contribution in [1.29, 1.82) is 0 Å².